The number of carbonyl (C=O) groups excluding carboxylic acids is 1. The van der Waals surface area contributed by atoms with Gasteiger partial charge in [-0.05, 0) is 40.0 Å². The van der Waals surface area contributed by atoms with Gasteiger partial charge in [-0.1, -0.05) is 34.2 Å². The minimum Gasteiger partial charge on any atom is -0.444 e. The van der Waals surface area contributed by atoms with Gasteiger partial charge in [-0.25, -0.2) is 4.79 Å². The van der Waals surface area contributed by atoms with Gasteiger partial charge in [0.2, 0.25) is 0 Å². The lowest BCUT2D eigenvalue weighted by atomic mass is 9.98. The van der Waals surface area contributed by atoms with Gasteiger partial charge >= 0.3 is 6.09 Å². The number of halogens is 1. The van der Waals surface area contributed by atoms with Crippen molar-refractivity contribution in [3.8, 4) is 0 Å². The van der Waals surface area contributed by atoms with E-state index in [0.717, 1.165) is 17.3 Å². The van der Waals surface area contributed by atoms with Crippen molar-refractivity contribution >= 4 is 22.0 Å². The van der Waals surface area contributed by atoms with E-state index < -0.39 is 5.60 Å². The van der Waals surface area contributed by atoms with Crippen molar-refractivity contribution in [1.29, 1.82) is 0 Å². The summed E-state index contributed by atoms with van der Waals surface area (Å²) in [6.45, 7) is 13.2. The van der Waals surface area contributed by atoms with Crippen LogP contribution in [-0.4, -0.2) is 28.7 Å². The molecule has 1 amide bonds. The van der Waals surface area contributed by atoms with Gasteiger partial charge < -0.3 is 4.74 Å². The second kappa shape index (κ2) is 7.11. The summed E-state index contributed by atoms with van der Waals surface area (Å²) in [5.41, 5.74) is -0.498. The van der Waals surface area contributed by atoms with Crippen LogP contribution < -0.4 is 0 Å². The Balaban J connectivity index is 3.02. The fourth-order valence-corrected chi connectivity index (χ4v) is 2.86. The van der Waals surface area contributed by atoms with Crippen LogP contribution >= 0.6 is 15.9 Å². The molecule has 112 valence electrons. The Morgan fingerprint density at radius 1 is 1.45 bits per heavy atom. The Bertz CT molecular complexity index is 409. The van der Waals surface area contributed by atoms with Crippen molar-refractivity contribution in [1.82, 2.24) is 4.90 Å². The first-order chi connectivity index (χ1) is 9.30. The lowest BCUT2D eigenvalue weighted by Gasteiger charge is -2.41. The molecule has 1 rings (SSSR count). The van der Waals surface area contributed by atoms with Gasteiger partial charge in [0.25, 0.3) is 0 Å². The minimum absolute atomic E-state index is 0.0407. The van der Waals surface area contributed by atoms with Crippen LogP contribution in [0, 0.1) is 0 Å². The molecule has 0 aromatic carbocycles. The van der Waals surface area contributed by atoms with Crippen molar-refractivity contribution in [2.75, 3.05) is 0 Å². The molecule has 0 spiro atoms. The van der Waals surface area contributed by atoms with Crippen LogP contribution in [0.15, 0.2) is 35.9 Å². The third-order valence-electron chi connectivity index (χ3n) is 3.07. The van der Waals surface area contributed by atoms with Crippen molar-refractivity contribution in [3.63, 3.8) is 0 Å². The summed E-state index contributed by atoms with van der Waals surface area (Å²) < 4.78 is 6.57. The predicted molar refractivity (Wildman–Crippen MR) is 86.9 cm³/mol. The molecule has 1 aliphatic heterocycles. The smallest absolute Gasteiger partial charge is 0.411 e. The zero-order valence-electron chi connectivity index (χ0n) is 12.6. The quantitative estimate of drug-likeness (QED) is 0.687. The van der Waals surface area contributed by atoms with Gasteiger partial charge in [0, 0.05) is 10.5 Å². The fraction of sp³-hybridized carbons (Fsp3) is 0.562. The van der Waals surface area contributed by atoms with Crippen molar-refractivity contribution in [2.24, 2.45) is 0 Å². The average molecular weight is 342 g/mol. The highest BCUT2D eigenvalue weighted by molar-refractivity contribution is 9.11. The van der Waals surface area contributed by atoms with E-state index in [9.17, 15) is 4.79 Å². The molecule has 1 aliphatic rings. The molecule has 2 atom stereocenters. The van der Waals surface area contributed by atoms with Gasteiger partial charge in [-0.15, -0.1) is 13.2 Å². The Morgan fingerprint density at radius 2 is 2.05 bits per heavy atom. The summed E-state index contributed by atoms with van der Waals surface area (Å²) in [4.78, 5) is 14.3. The van der Waals surface area contributed by atoms with Crippen LogP contribution in [0.4, 0.5) is 4.79 Å². The van der Waals surface area contributed by atoms with Crippen LogP contribution in [-0.2, 0) is 4.74 Å². The highest BCUT2D eigenvalue weighted by Crippen LogP contribution is 2.32. The number of hydrogen-bond donors (Lipinski definition) is 0. The van der Waals surface area contributed by atoms with E-state index in [2.05, 4.69) is 35.2 Å². The summed E-state index contributed by atoms with van der Waals surface area (Å²) in [5, 5.41) is 0. The van der Waals surface area contributed by atoms with E-state index in [1.54, 1.807) is 0 Å². The molecule has 0 fully saturated rings. The van der Waals surface area contributed by atoms with Gasteiger partial charge in [-0.3, -0.25) is 4.90 Å². The molecule has 0 unspecified atom stereocenters. The van der Waals surface area contributed by atoms with E-state index in [1.165, 1.54) is 0 Å². The van der Waals surface area contributed by atoms with Crippen molar-refractivity contribution in [2.45, 2.75) is 57.7 Å². The second-order valence-electron chi connectivity index (χ2n) is 5.93. The SMILES string of the molecule is C=CC[C@@H]1CC=C(Br)[C@H](CC=C)N1C(=O)OC(C)(C)C. The molecule has 0 saturated carbocycles. The Labute approximate surface area is 130 Å². The molecular formula is C16H24BrNO2. The number of carbonyl (C=O) groups is 1. The third-order valence-corrected chi connectivity index (χ3v) is 3.92. The first-order valence-electron chi connectivity index (χ1n) is 6.88. The average Bonchev–Trinajstić information content (AvgIpc) is 2.31. The number of rotatable bonds is 4. The third kappa shape index (κ3) is 4.51. The summed E-state index contributed by atoms with van der Waals surface area (Å²) in [5.74, 6) is 0. The topological polar surface area (TPSA) is 29.5 Å². The van der Waals surface area contributed by atoms with Crippen LogP contribution in [0.2, 0.25) is 0 Å². The van der Waals surface area contributed by atoms with Crippen LogP contribution in [0.1, 0.15) is 40.0 Å². The molecule has 3 nitrogen and oxygen atoms in total. The van der Waals surface area contributed by atoms with Gasteiger partial charge in [0.15, 0.2) is 0 Å². The maximum atomic E-state index is 12.5. The first-order valence-corrected chi connectivity index (χ1v) is 7.68. The number of ether oxygens (including phenoxy) is 1. The molecule has 0 aromatic rings. The predicted octanol–water partition coefficient (Wildman–Crippen LogP) is 4.80. The van der Waals surface area contributed by atoms with Crippen molar-refractivity contribution in [3.05, 3.63) is 35.9 Å². The Hall–Kier alpha value is -1.03. The van der Waals surface area contributed by atoms with Gasteiger partial charge in [0.1, 0.15) is 5.60 Å². The normalized spacial score (nSPS) is 23.0. The highest BCUT2D eigenvalue weighted by Gasteiger charge is 2.36. The van der Waals surface area contributed by atoms with E-state index in [1.807, 2.05) is 37.8 Å². The molecule has 0 radical (unpaired) electrons. The standard InChI is InChI=1S/C16H24BrNO2/c1-6-8-12-10-11-13(17)14(9-7-2)18(12)15(19)20-16(3,4)5/h6-7,11-12,14H,1-2,8-10H2,3-5H3/t12-,14+/m1/s1. The zero-order chi connectivity index (χ0) is 15.3. The summed E-state index contributed by atoms with van der Waals surface area (Å²) in [7, 11) is 0. The summed E-state index contributed by atoms with van der Waals surface area (Å²) in [6.07, 6.45) is 7.78. The molecule has 0 bridgehead atoms. The van der Waals surface area contributed by atoms with Gasteiger partial charge in [-0.2, -0.15) is 0 Å². The second-order valence-corrected chi connectivity index (χ2v) is 6.85. The van der Waals surface area contributed by atoms with E-state index in [0.29, 0.717) is 6.42 Å². The summed E-state index contributed by atoms with van der Waals surface area (Å²) >= 11 is 3.56. The van der Waals surface area contributed by atoms with Crippen molar-refractivity contribution < 1.29 is 9.53 Å². The largest absolute Gasteiger partial charge is 0.444 e. The maximum Gasteiger partial charge on any atom is 0.411 e. The molecule has 20 heavy (non-hydrogen) atoms. The van der Waals surface area contributed by atoms with E-state index >= 15 is 0 Å². The van der Waals surface area contributed by atoms with E-state index in [4.69, 9.17) is 4.74 Å². The van der Waals surface area contributed by atoms with Crippen LogP contribution in [0.5, 0.6) is 0 Å². The lowest BCUT2D eigenvalue weighted by molar-refractivity contribution is 0.00834. The molecule has 0 aromatic heterocycles. The molecular weight excluding hydrogens is 318 g/mol. The van der Waals surface area contributed by atoms with Crippen LogP contribution in [0.3, 0.4) is 0 Å². The monoisotopic (exact) mass is 341 g/mol. The first kappa shape index (κ1) is 17.0. The minimum atomic E-state index is -0.498. The zero-order valence-corrected chi connectivity index (χ0v) is 14.1. The molecule has 0 N–H and O–H groups in total. The molecule has 0 saturated heterocycles. The molecule has 0 aliphatic carbocycles. The number of nitrogens with zero attached hydrogens (tertiary/aromatic N) is 1. The lowest BCUT2D eigenvalue weighted by Crippen LogP contribution is -2.50. The summed E-state index contributed by atoms with van der Waals surface area (Å²) in [6, 6.07) is 0.0506. The molecule has 4 heteroatoms. The van der Waals surface area contributed by atoms with Gasteiger partial charge in [0.05, 0.1) is 6.04 Å². The van der Waals surface area contributed by atoms with Crippen LogP contribution in [0.25, 0.3) is 0 Å². The number of hydrogen-bond acceptors (Lipinski definition) is 2. The molecule has 1 heterocycles. The highest BCUT2D eigenvalue weighted by atomic mass is 79.9. The fourth-order valence-electron chi connectivity index (χ4n) is 2.26. The maximum absolute atomic E-state index is 12.5. The van der Waals surface area contributed by atoms with E-state index in [-0.39, 0.29) is 18.2 Å². The Kier molecular flexibility index (Phi) is 6.06. The number of amides is 1. The Morgan fingerprint density at radius 3 is 2.55 bits per heavy atom.